The zero-order valence-corrected chi connectivity index (χ0v) is 13.8. The van der Waals surface area contributed by atoms with Gasteiger partial charge in [0, 0.05) is 24.4 Å². The van der Waals surface area contributed by atoms with Gasteiger partial charge in [-0.15, -0.1) is 6.58 Å². The first-order valence-electron chi connectivity index (χ1n) is 8.39. The van der Waals surface area contributed by atoms with Crippen LogP contribution in [0.25, 0.3) is 0 Å². The number of nitrogens with zero attached hydrogens (tertiary/aromatic N) is 1. The van der Waals surface area contributed by atoms with E-state index in [9.17, 15) is 10.1 Å². The van der Waals surface area contributed by atoms with Crippen LogP contribution in [-0.4, -0.2) is 10.8 Å². The standard InChI is InChI=1S/C19H25N3O/c1-3-5-6-8-15-13-21-18(12-20)19(15)22-16-9-14(7-4-2)10-17(23)11-16/h4,11,13-14,21-22H,2-3,5-10H2,1H3. The molecule has 2 N–H and O–H groups in total. The minimum atomic E-state index is 0.146. The maximum Gasteiger partial charge on any atom is 0.157 e. The number of carbonyl (C=O) groups excluding carboxylic acids is 1. The lowest BCUT2D eigenvalue weighted by Crippen LogP contribution is -2.18. The molecule has 1 aromatic rings. The summed E-state index contributed by atoms with van der Waals surface area (Å²) in [4.78, 5) is 15.0. The molecule has 1 unspecified atom stereocenters. The average Bonchev–Trinajstić information content (AvgIpc) is 2.89. The largest absolute Gasteiger partial charge is 0.356 e. The first kappa shape index (κ1) is 17.1. The minimum Gasteiger partial charge on any atom is -0.356 e. The quantitative estimate of drug-likeness (QED) is 0.550. The van der Waals surface area contributed by atoms with Gasteiger partial charge in [0.25, 0.3) is 0 Å². The number of nitrogens with one attached hydrogen (secondary N) is 2. The van der Waals surface area contributed by atoms with E-state index >= 15 is 0 Å². The molecule has 0 amide bonds. The third-order valence-corrected chi connectivity index (χ3v) is 4.24. The number of H-pyrrole nitrogens is 1. The number of hydrogen-bond acceptors (Lipinski definition) is 3. The van der Waals surface area contributed by atoms with E-state index in [0.29, 0.717) is 18.0 Å². The summed E-state index contributed by atoms with van der Waals surface area (Å²) < 4.78 is 0. The molecule has 0 saturated heterocycles. The van der Waals surface area contributed by atoms with Crippen LogP contribution in [0.1, 0.15) is 56.7 Å². The minimum absolute atomic E-state index is 0.146. The molecular formula is C19H25N3O. The van der Waals surface area contributed by atoms with Gasteiger partial charge >= 0.3 is 0 Å². The number of hydrogen-bond donors (Lipinski definition) is 2. The van der Waals surface area contributed by atoms with Crippen molar-refractivity contribution in [3.63, 3.8) is 0 Å². The summed E-state index contributed by atoms with van der Waals surface area (Å²) in [6.07, 6.45) is 12.1. The van der Waals surface area contributed by atoms with Gasteiger partial charge in [-0.3, -0.25) is 4.79 Å². The van der Waals surface area contributed by atoms with Gasteiger partial charge in [-0.2, -0.15) is 5.26 Å². The summed E-state index contributed by atoms with van der Waals surface area (Å²) in [6, 6.07) is 2.20. The van der Waals surface area contributed by atoms with Crippen molar-refractivity contribution in [3.8, 4) is 6.07 Å². The van der Waals surface area contributed by atoms with E-state index in [4.69, 9.17) is 0 Å². The molecule has 0 aliphatic heterocycles. The van der Waals surface area contributed by atoms with Crippen molar-refractivity contribution in [3.05, 3.63) is 41.9 Å². The number of nitriles is 1. The molecule has 2 rings (SSSR count). The molecule has 0 saturated carbocycles. The Kier molecular flexibility index (Phi) is 6.22. The smallest absolute Gasteiger partial charge is 0.157 e. The van der Waals surface area contributed by atoms with Crippen LogP contribution in [0.15, 0.2) is 30.6 Å². The van der Waals surface area contributed by atoms with E-state index < -0.39 is 0 Å². The highest BCUT2D eigenvalue weighted by Gasteiger charge is 2.21. The number of carbonyl (C=O) groups is 1. The van der Waals surface area contributed by atoms with Gasteiger partial charge in [-0.1, -0.05) is 25.8 Å². The Morgan fingerprint density at radius 3 is 3.00 bits per heavy atom. The molecule has 1 heterocycles. The summed E-state index contributed by atoms with van der Waals surface area (Å²) in [6.45, 7) is 5.94. The normalized spacial score (nSPS) is 17.5. The molecular weight excluding hydrogens is 286 g/mol. The Labute approximate surface area is 138 Å². The van der Waals surface area contributed by atoms with Crippen LogP contribution in [0.5, 0.6) is 0 Å². The van der Waals surface area contributed by atoms with Gasteiger partial charge in [0.15, 0.2) is 5.78 Å². The number of unbranched alkanes of at least 4 members (excludes halogenated alkanes) is 2. The van der Waals surface area contributed by atoms with Crippen LogP contribution < -0.4 is 5.32 Å². The Morgan fingerprint density at radius 1 is 1.48 bits per heavy atom. The molecule has 1 aromatic heterocycles. The van der Waals surface area contributed by atoms with Crippen LogP contribution in [0.3, 0.4) is 0 Å². The van der Waals surface area contributed by atoms with Gasteiger partial charge in [0.1, 0.15) is 11.8 Å². The molecule has 0 fully saturated rings. The van der Waals surface area contributed by atoms with E-state index in [0.717, 1.165) is 42.6 Å². The first-order valence-corrected chi connectivity index (χ1v) is 8.39. The highest BCUT2D eigenvalue weighted by atomic mass is 16.1. The van der Waals surface area contributed by atoms with E-state index in [1.54, 1.807) is 6.08 Å². The number of anilines is 1. The molecule has 0 bridgehead atoms. The highest BCUT2D eigenvalue weighted by Crippen LogP contribution is 2.29. The van der Waals surface area contributed by atoms with Crippen LogP contribution in [-0.2, 0) is 11.2 Å². The maximum atomic E-state index is 11.9. The molecule has 1 atom stereocenters. The Balaban J connectivity index is 2.14. The highest BCUT2D eigenvalue weighted by molar-refractivity contribution is 5.92. The van der Waals surface area contributed by atoms with Crippen LogP contribution in [0, 0.1) is 17.2 Å². The summed E-state index contributed by atoms with van der Waals surface area (Å²) in [7, 11) is 0. The second-order valence-electron chi connectivity index (χ2n) is 6.19. The zero-order valence-electron chi connectivity index (χ0n) is 13.8. The SMILES string of the molecule is C=CCC1CC(=O)C=C(Nc2c(CCCCC)c[nH]c2C#N)C1. The summed E-state index contributed by atoms with van der Waals surface area (Å²) in [5, 5.41) is 12.6. The number of allylic oxidation sites excluding steroid dienone is 3. The van der Waals surface area contributed by atoms with Crippen LogP contribution >= 0.6 is 0 Å². The number of aryl methyl sites for hydroxylation is 1. The molecule has 1 aliphatic rings. The van der Waals surface area contributed by atoms with Crippen LogP contribution in [0.4, 0.5) is 5.69 Å². The lowest BCUT2D eigenvalue weighted by atomic mass is 9.88. The van der Waals surface area contributed by atoms with Gasteiger partial charge < -0.3 is 10.3 Å². The Bertz CT molecular complexity index is 634. The lowest BCUT2D eigenvalue weighted by molar-refractivity contribution is -0.115. The number of aromatic amines is 1. The molecule has 4 heteroatoms. The average molecular weight is 311 g/mol. The zero-order chi connectivity index (χ0) is 16.7. The molecule has 23 heavy (non-hydrogen) atoms. The maximum absolute atomic E-state index is 11.9. The topological polar surface area (TPSA) is 68.7 Å². The Morgan fingerprint density at radius 2 is 2.30 bits per heavy atom. The summed E-state index contributed by atoms with van der Waals surface area (Å²) >= 11 is 0. The number of aromatic nitrogens is 1. The third-order valence-electron chi connectivity index (χ3n) is 4.24. The molecule has 4 nitrogen and oxygen atoms in total. The summed E-state index contributed by atoms with van der Waals surface area (Å²) in [5.74, 6) is 0.452. The molecule has 122 valence electrons. The van der Waals surface area contributed by atoms with Crippen molar-refractivity contribution in [2.24, 2.45) is 5.92 Å². The first-order chi connectivity index (χ1) is 11.2. The fraction of sp³-hybridized carbons (Fsp3) is 0.474. The van der Waals surface area contributed by atoms with Gasteiger partial charge in [0.05, 0.1) is 5.69 Å². The van der Waals surface area contributed by atoms with Crippen molar-refractivity contribution in [1.82, 2.24) is 4.98 Å². The molecule has 1 aliphatic carbocycles. The van der Waals surface area contributed by atoms with Crippen molar-refractivity contribution in [2.75, 3.05) is 5.32 Å². The van der Waals surface area contributed by atoms with Crippen molar-refractivity contribution in [2.45, 2.75) is 51.9 Å². The van der Waals surface area contributed by atoms with E-state index in [1.165, 1.54) is 12.8 Å². The number of rotatable bonds is 8. The summed E-state index contributed by atoms with van der Waals surface area (Å²) in [5.41, 5.74) is 3.40. The van der Waals surface area contributed by atoms with Crippen molar-refractivity contribution in [1.29, 1.82) is 5.26 Å². The molecule has 0 aromatic carbocycles. The van der Waals surface area contributed by atoms with Crippen molar-refractivity contribution >= 4 is 11.5 Å². The fourth-order valence-electron chi connectivity index (χ4n) is 3.09. The van der Waals surface area contributed by atoms with E-state index in [1.807, 2.05) is 12.3 Å². The number of ketones is 1. The van der Waals surface area contributed by atoms with Crippen molar-refractivity contribution < 1.29 is 4.79 Å². The Hall–Kier alpha value is -2.28. The molecule has 0 radical (unpaired) electrons. The second kappa shape index (κ2) is 8.38. The second-order valence-corrected chi connectivity index (χ2v) is 6.19. The van der Waals surface area contributed by atoms with Crippen LogP contribution in [0.2, 0.25) is 0 Å². The van der Waals surface area contributed by atoms with E-state index in [-0.39, 0.29) is 5.78 Å². The molecule has 0 spiro atoms. The lowest BCUT2D eigenvalue weighted by Gasteiger charge is -2.22. The van der Waals surface area contributed by atoms with Gasteiger partial charge in [-0.25, -0.2) is 0 Å². The predicted octanol–water partition coefficient (Wildman–Crippen LogP) is 4.47. The predicted molar refractivity (Wildman–Crippen MR) is 93.0 cm³/mol. The van der Waals surface area contributed by atoms with Gasteiger partial charge in [0.2, 0.25) is 0 Å². The monoisotopic (exact) mass is 311 g/mol. The van der Waals surface area contributed by atoms with Gasteiger partial charge in [-0.05, 0) is 37.2 Å². The third kappa shape index (κ3) is 4.59. The fourth-order valence-corrected chi connectivity index (χ4v) is 3.09. The van der Waals surface area contributed by atoms with E-state index in [2.05, 4.69) is 29.9 Å².